The monoisotopic (exact) mass is 317 g/mol. The number of benzene rings is 1. The zero-order chi connectivity index (χ0) is 15.5. The van der Waals surface area contributed by atoms with E-state index in [4.69, 9.17) is 0 Å². The van der Waals surface area contributed by atoms with Crippen molar-refractivity contribution >= 4 is 11.8 Å². The molecule has 0 radical (unpaired) electrons. The minimum Gasteiger partial charge on any atom is -0.310 e. The Labute approximate surface area is 128 Å². The van der Waals surface area contributed by atoms with Gasteiger partial charge in [0.25, 0.3) is 0 Å². The van der Waals surface area contributed by atoms with Gasteiger partial charge in [-0.1, -0.05) is 26.0 Å². The van der Waals surface area contributed by atoms with Crippen molar-refractivity contribution in [2.24, 2.45) is 11.8 Å². The number of thioether (sulfide) groups is 1. The number of rotatable bonds is 4. The van der Waals surface area contributed by atoms with E-state index in [-0.39, 0.29) is 16.7 Å². The first-order chi connectivity index (χ1) is 9.82. The SMILES string of the molecule is CC1CC(C)CC(NCc2ccc(SC(F)(F)F)cc2)C1. The van der Waals surface area contributed by atoms with Crippen molar-refractivity contribution in [1.82, 2.24) is 5.32 Å². The fourth-order valence-corrected chi connectivity index (χ4v) is 3.72. The third-order valence-electron chi connectivity index (χ3n) is 3.93. The number of hydrogen-bond donors (Lipinski definition) is 1. The van der Waals surface area contributed by atoms with Gasteiger partial charge in [-0.25, -0.2) is 0 Å². The van der Waals surface area contributed by atoms with E-state index in [2.05, 4.69) is 19.2 Å². The third-order valence-corrected chi connectivity index (χ3v) is 4.67. The highest BCUT2D eigenvalue weighted by atomic mass is 32.2. The molecule has 1 aliphatic rings. The summed E-state index contributed by atoms with van der Waals surface area (Å²) in [5, 5.41) is 3.54. The van der Waals surface area contributed by atoms with Crippen LogP contribution in [0.1, 0.15) is 38.7 Å². The van der Waals surface area contributed by atoms with E-state index in [1.54, 1.807) is 24.3 Å². The Kier molecular flexibility index (Phi) is 5.60. The Morgan fingerprint density at radius 2 is 1.62 bits per heavy atom. The van der Waals surface area contributed by atoms with Crippen molar-refractivity contribution in [2.45, 2.75) is 56.1 Å². The van der Waals surface area contributed by atoms with E-state index < -0.39 is 5.51 Å². The smallest absolute Gasteiger partial charge is 0.310 e. The van der Waals surface area contributed by atoms with Crippen molar-refractivity contribution in [3.63, 3.8) is 0 Å². The van der Waals surface area contributed by atoms with Crippen LogP contribution in [0.5, 0.6) is 0 Å². The van der Waals surface area contributed by atoms with Gasteiger partial charge in [-0.2, -0.15) is 13.2 Å². The average Bonchev–Trinajstić information content (AvgIpc) is 2.35. The van der Waals surface area contributed by atoms with Crippen LogP contribution >= 0.6 is 11.8 Å². The summed E-state index contributed by atoms with van der Waals surface area (Å²) in [5.41, 5.74) is -3.18. The lowest BCUT2D eigenvalue weighted by atomic mass is 9.80. The molecule has 21 heavy (non-hydrogen) atoms. The lowest BCUT2D eigenvalue weighted by Crippen LogP contribution is -2.35. The lowest BCUT2D eigenvalue weighted by molar-refractivity contribution is -0.0328. The van der Waals surface area contributed by atoms with Crippen LogP contribution in [0.25, 0.3) is 0 Å². The second kappa shape index (κ2) is 7.05. The molecule has 0 heterocycles. The molecule has 1 nitrogen and oxygen atoms in total. The molecule has 0 aliphatic heterocycles. The van der Waals surface area contributed by atoms with Crippen LogP contribution in [0, 0.1) is 11.8 Å². The Morgan fingerprint density at radius 1 is 1.05 bits per heavy atom. The molecule has 0 aromatic heterocycles. The van der Waals surface area contributed by atoms with Gasteiger partial charge in [0.05, 0.1) is 0 Å². The van der Waals surface area contributed by atoms with Gasteiger partial charge in [0.15, 0.2) is 0 Å². The molecule has 1 fully saturated rings. The maximum Gasteiger partial charge on any atom is 0.446 e. The number of halogens is 3. The van der Waals surface area contributed by atoms with E-state index in [9.17, 15) is 13.2 Å². The lowest BCUT2D eigenvalue weighted by Gasteiger charge is -2.32. The summed E-state index contributed by atoms with van der Waals surface area (Å²) in [6.45, 7) is 5.29. The van der Waals surface area contributed by atoms with Crippen LogP contribution in [0.3, 0.4) is 0 Å². The van der Waals surface area contributed by atoms with E-state index >= 15 is 0 Å². The summed E-state index contributed by atoms with van der Waals surface area (Å²) < 4.78 is 36.8. The second-order valence-corrected chi connectivity index (χ2v) is 7.33. The van der Waals surface area contributed by atoms with Crippen LogP contribution in [0.4, 0.5) is 13.2 Å². The summed E-state index contributed by atoms with van der Waals surface area (Å²) in [7, 11) is 0. The van der Waals surface area contributed by atoms with Gasteiger partial charge in [-0.3, -0.25) is 0 Å². The Morgan fingerprint density at radius 3 is 2.14 bits per heavy atom. The zero-order valence-corrected chi connectivity index (χ0v) is 13.2. The van der Waals surface area contributed by atoms with Gasteiger partial charge in [0.2, 0.25) is 0 Å². The van der Waals surface area contributed by atoms with Gasteiger partial charge in [-0.15, -0.1) is 0 Å². The Bertz CT molecular complexity index is 434. The van der Waals surface area contributed by atoms with Gasteiger partial charge >= 0.3 is 5.51 Å². The molecule has 118 valence electrons. The van der Waals surface area contributed by atoms with Crippen molar-refractivity contribution in [1.29, 1.82) is 0 Å². The molecule has 2 rings (SSSR count). The first-order valence-corrected chi connectivity index (χ1v) is 8.21. The van der Waals surface area contributed by atoms with Crippen LogP contribution in [-0.4, -0.2) is 11.6 Å². The summed E-state index contributed by atoms with van der Waals surface area (Å²) >= 11 is -0.0642. The maximum atomic E-state index is 12.3. The predicted molar refractivity (Wildman–Crippen MR) is 81.2 cm³/mol. The topological polar surface area (TPSA) is 12.0 Å². The van der Waals surface area contributed by atoms with Crippen molar-refractivity contribution in [2.75, 3.05) is 0 Å². The van der Waals surface area contributed by atoms with E-state index in [0.717, 1.165) is 23.9 Å². The fraction of sp³-hybridized carbons (Fsp3) is 0.625. The molecule has 1 aliphatic carbocycles. The van der Waals surface area contributed by atoms with Crippen molar-refractivity contribution in [3.8, 4) is 0 Å². The van der Waals surface area contributed by atoms with Crippen LogP contribution < -0.4 is 5.32 Å². The Hall–Kier alpha value is -0.680. The van der Waals surface area contributed by atoms with Crippen molar-refractivity contribution < 1.29 is 13.2 Å². The molecule has 0 amide bonds. The quantitative estimate of drug-likeness (QED) is 0.765. The van der Waals surface area contributed by atoms with Gasteiger partial charge < -0.3 is 5.32 Å². The molecule has 0 bridgehead atoms. The molecule has 1 N–H and O–H groups in total. The normalized spacial score (nSPS) is 26.8. The first kappa shape index (κ1) is 16.7. The largest absolute Gasteiger partial charge is 0.446 e. The molecular weight excluding hydrogens is 295 g/mol. The fourth-order valence-electron chi connectivity index (χ4n) is 3.18. The highest BCUT2D eigenvalue weighted by Gasteiger charge is 2.29. The van der Waals surface area contributed by atoms with Crippen LogP contribution in [-0.2, 0) is 6.54 Å². The number of hydrogen-bond acceptors (Lipinski definition) is 2. The maximum absolute atomic E-state index is 12.3. The zero-order valence-electron chi connectivity index (χ0n) is 12.4. The van der Waals surface area contributed by atoms with Crippen LogP contribution in [0.2, 0.25) is 0 Å². The third kappa shape index (κ3) is 5.91. The van der Waals surface area contributed by atoms with Gasteiger partial charge in [0.1, 0.15) is 0 Å². The van der Waals surface area contributed by atoms with Crippen molar-refractivity contribution in [3.05, 3.63) is 29.8 Å². The summed E-state index contributed by atoms with van der Waals surface area (Å²) in [6, 6.07) is 7.16. The molecule has 1 aromatic rings. The minimum absolute atomic E-state index is 0.0642. The minimum atomic E-state index is -4.21. The second-order valence-electron chi connectivity index (χ2n) is 6.19. The summed E-state index contributed by atoms with van der Waals surface area (Å²) in [4.78, 5) is 0.242. The van der Waals surface area contributed by atoms with Gasteiger partial charge in [-0.05, 0) is 60.6 Å². The molecule has 1 aromatic carbocycles. The molecule has 5 heteroatoms. The van der Waals surface area contributed by atoms with E-state index in [1.165, 1.54) is 19.3 Å². The summed E-state index contributed by atoms with van der Waals surface area (Å²) in [5.74, 6) is 1.49. The van der Waals surface area contributed by atoms with E-state index in [0.29, 0.717) is 6.04 Å². The Balaban J connectivity index is 1.83. The molecule has 2 unspecified atom stereocenters. The highest BCUT2D eigenvalue weighted by Crippen LogP contribution is 2.36. The standard InChI is InChI=1S/C16H22F3NS/c1-11-7-12(2)9-14(8-11)20-10-13-3-5-15(6-4-13)21-16(17,18)19/h3-6,11-12,14,20H,7-10H2,1-2H3. The first-order valence-electron chi connectivity index (χ1n) is 7.40. The average molecular weight is 317 g/mol. The molecule has 0 spiro atoms. The highest BCUT2D eigenvalue weighted by molar-refractivity contribution is 8.00. The van der Waals surface area contributed by atoms with Gasteiger partial charge in [0, 0.05) is 17.5 Å². The molecule has 1 saturated carbocycles. The number of nitrogens with one attached hydrogen (secondary N) is 1. The molecular formula is C16H22F3NS. The summed E-state index contributed by atoms with van der Waals surface area (Å²) in [6.07, 6.45) is 3.67. The van der Waals surface area contributed by atoms with Crippen LogP contribution in [0.15, 0.2) is 29.2 Å². The van der Waals surface area contributed by atoms with E-state index in [1.807, 2.05) is 0 Å². The molecule has 2 atom stereocenters. The predicted octanol–water partition coefficient (Wildman–Crippen LogP) is 5.21. The number of alkyl halides is 3. The molecule has 0 saturated heterocycles.